The number of nitrogens with zero attached hydrogens (tertiary/aromatic N) is 2. The van der Waals surface area contributed by atoms with Crippen LogP contribution in [0.4, 0.5) is 19.0 Å². The molecular formula is C11H13F3N2O. The van der Waals surface area contributed by atoms with Crippen LogP contribution < -0.4 is 4.90 Å². The van der Waals surface area contributed by atoms with Crippen molar-refractivity contribution >= 4 is 5.82 Å². The van der Waals surface area contributed by atoms with Crippen molar-refractivity contribution in [2.75, 3.05) is 24.6 Å². The predicted octanol–water partition coefficient (Wildman–Crippen LogP) is 1.92. The summed E-state index contributed by atoms with van der Waals surface area (Å²) in [4.78, 5) is 5.72. The van der Waals surface area contributed by atoms with Crippen LogP contribution in [0.3, 0.4) is 0 Å². The van der Waals surface area contributed by atoms with Gasteiger partial charge in [0.25, 0.3) is 0 Å². The fraction of sp³-hybridized carbons (Fsp3) is 0.545. The number of pyridine rings is 1. The van der Waals surface area contributed by atoms with Gasteiger partial charge in [-0.1, -0.05) is 0 Å². The fourth-order valence-electron chi connectivity index (χ4n) is 1.96. The molecule has 2 heterocycles. The number of aliphatic hydroxyl groups is 1. The zero-order chi connectivity index (χ0) is 12.5. The molecule has 1 atom stereocenters. The standard InChI is InChI=1S/C11H13F3N2O/c12-11(13,14)9-1-3-15-10(5-9)16-4-2-8(6-16)7-17/h1,3,5,8,17H,2,4,6-7H2. The lowest BCUT2D eigenvalue weighted by molar-refractivity contribution is -0.137. The van der Waals surface area contributed by atoms with Crippen LogP contribution in [0.2, 0.25) is 0 Å². The second-order valence-electron chi connectivity index (χ2n) is 4.18. The van der Waals surface area contributed by atoms with Crippen molar-refractivity contribution in [3.63, 3.8) is 0 Å². The second-order valence-corrected chi connectivity index (χ2v) is 4.18. The third kappa shape index (κ3) is 2.69. The Hall–Kier alpha value is -1.30. The lowest BCUT2D eigenvalue weighted by Gasteiger charge is -2.18. The molecule has 6 heteroatoms. The van der Waals surface area contributed by atoms with Crippen LogP contribution in [0.5, 0.6) is 0 Å². The number of anilines is 1. The molecule has 17 heavy (non-hydrogen) atoms. The molecule has 0 saturated carbocycles. The Morgan fingerprint density at radius 2 is 2.24 bits per heavy atom. The largest absolute Gasteiger partial charge is 0.416 e. The zero-order valence-electron chi connectivity index (χ0n) is 9.11. The van der Waals surface area contributed by atoms with E-state index in [1.54, 1.807) is 4.90 Å². The van der Waals surface area contributed by atoms with E-state index in [4.69, 9.17) is 5.11 Å². The number of alkyl halides is 3. The fourth-order valence-corrected chi connectivity index (χ4v) is 1.96. The van der Waals surface area contributed by atoms with Crippen LogP contribution in [0, 0.1) is 5.92 Å². The molecule has 1 aromatic rings. The van der Waals surface area contributed by atoms with Crippen molar-refractivity contribution in [2.45, 2.75) is 12.6 Å². The lowest BCUT2D eigenvalue weighted by Crippen LogP contribution is -2.22. The monoisotopic (exact) mass is 246 g/mol. The van der Waals surface area contributed by atoms with Gasteiger partial charge >= 0.3 is 6.18 Å². The number of aromatic nitrogens is 1. The highest BCUT2D eigenvalue weighted by atomic mass is 19.4. The summed E-state index contributed by atoms with van der Waals surface area (Å²) in [5.41, 5.74) is -0.685. The summed E-state index contributed by atoms with van der Waals surface area (Å²) in [6.45, 7) is 1.26. The van der Waals surface area contributed by atoms with E-state index in [9.17, 15) is 13.2 Å². The number of rotatable bonds is 2. The van der Waals surface area contributed by atoms with Gasteiger partial charge < -0.3 is 10.0 Å². The van der Waals surface area contributed by atoms with Crippen molar-refractivity contribution in [1.29, 1.82) is 0 Å². The molecule has 1 aliphatic heterocycles. The molecule has 1 N–H and O–H groups in total. The van der Waals surface area contributed by atoms with Crippen LogP contribution in [0.15, 0.2) is 18.3 Å². The van der Waals surface area contributed by atoms with Gasteiger partial charge in [-0.25, -0.2) is 4.98 Å². The Labute approximate surface area is 96.9 Å². The Balaban J connectivity index is 2.17. The average Bonchev–Trinajstić information content (AvgIpc) is 2.76. The van der Waals surface area contributed by atoms with E-state index in [0.29, 0.717) is 18.9 Å². The molecule has 0 spiro atoms. The quantitative estimate of drug-likeness (QED) is 0.866. The molecule has 0 bridgehead atoms. The first-order valence-corrected chi connectivity index (χ1v) is 5.40. The molecule has 1 aromatic heterocycles. The van der Waals surface area contributed by atoms with E-state index in [1.807, 2.05) is 0 Å². The van der Waals surface area contributed by atoms with E-state index >= 15 is 0 Å². The predicted molar refractivity (Wildman–Crippen MR) is 56.6 cm³/mol. The molecule has 94 valence electrons. The normalized spacial score (nSPS) is 20.9. The van der Waals surface area contributed by atoms with Crippen molar-refractivity contribution < 1.29 is 18.3 Å². The van der Waals surface area contributed by atoms with E-state index in [2.05, 4.69) is 4.98 Å². The molecule has 1 aliphatic rings. The summed E-state index contributed by atoms with van der Waals surface area (Å²) in [7, 11) is 0. The van der Waals surface area contributed by atoms with Crippen molar-refractivity contribution in [3.8, 4) is 0 Å². The minimum atomic E-state index is -4.34. The Bertz CT molecular complexity index is 395. The van der Waals surface area contributed by atoms with Gasteiger partial charge in [-0.15, -0.1) is 0 Å². The van der Waals surface area contributed by atoms with Crippen LogP contribution >= 0.6 is 0 Å². The third-order valence-electron chi connectivity index (χ3n) is 2.94. The zero-order valence-corrected chi connectivity index (χ0v) is 9.11. The third-order valence-corrected chi connectivity index (χ3v) is 2.94. The first-order valence-electron chi connectivity index (χ1n) is 5.40. The number of hydrogen-bond acceptors (Lipinski definition) is 3. The summed E-state index contributed by atoms with van der Waals surface area (Å²) in [5.74, 6) is 0.460. The summed E-state index contributed by atoms with van der Waals surface area (Å²) < 4.78 is 37.5. The van der Waals surface area contributed by atoms with Crippen molar-refractivity contribution in [2.24, 2.45) is 5.92 Å². The first kappa shape index (κ1) is 12.2. The molecule has 0 amide bonds. The van der Waals surface area contributed by atoms with Crippen molar-refractivity contribution in [3.05, 3.63) is 23.9 Å². The second kappa shape index (κ2) is 4.52. The Kier molecular flexibility index (Phi) is 3.24. The number of halogens is 3. The summed E-state index contributed by atoms with van der Waals surface area (Å²) in [5, 5.41) is 8.99. The smallest absolute Gasteiger partial charge is 0.396 e. The minimum absolute atomic E-state index is 0.0649. The molecule has 2 rings (SSSR count). The van der Waals surface area contributed by atoms with Gasteiger partial charge in [0.05, 0.1) is 5.56 Å². The van der Waals surface area contributed by atoms with Gasteiger partial charge in [0.2, 0.25) is 0 Å². The molecule has 3 nitrogen and oxygen atoms in total. The highest BCUT2D eigenvalue weighted by Crippen LogP contribution is 2.31. The Morgan fingerprint density at radius 1 is 1.47 bits per heavy atom. The van der Waals surface area contributed by atoms with Crippen LogP contribution in [-0.2, 0) is 6.18 Å². The maximum Gasteiger partial charge on any atom is 0.416 e. The van der Waals surface area contributed by atoms with E-state index < -0.39 is 11.7 Å². The minimum Gasteiger partial charge on any atom is -0.396 e. The number of aliphatic hydroxyl groups excluding tert-OH is 1. The highest BCUT2D eigenvalue weighted by molar-refractivity contribution is 5.42. The SMILES string of the molecule is OCC1CCN(c2cc(C(F)(F)F)ccn2)C1. The van der Waals surface area contributed by atoms with E-state index in [0.717, 1.165) is 18.6 Å². The topological polar surface area (TPSA) is 36.4 Å². The number of hydrogen-bond donors (Lipinski definition) is 1. The maximum atomic E-state index is 12.5. The highest BCUT2D eigenvalue weighted by Gasteiger charge is 2.32. The van der Waals surface area contributed by atoms with E-state index in [-0.39, 0.29) is 12.5 Å². The first-order chi connectivity index (χ1) is 8.00. The van der Waals surface area contributed by atoms with Gasteiger partial charge in [0.1, 0.15) is 5.82 Å². The van der Waals surface area contributed by atoms with Gasteiger partial charge in [-0.3, -0.25) is 0 Å². The van der Waals surface area contributed by atoms with Crippen LogP contribution in [0.1, 0.15) is 12.0 Å². The molecule has 0 aromatic carbocycles. The summed E-state index contributed by atoms with van der Waals surface area (Å²) in [6, 6.07) is 2.02. The lowest BCUT2D eigenvalue weighted by atomic mass is 10.1. The van der Waals surface area contributed by atoms with Crippen molar-refractivity contribution in [1.82, 2.24) is 4.98 Å². The van der Waals surface area contributed by atoms with Crippen LogP contribution in [0.25, 0.3) is 0 Å². The van der Waals surface area contributed by atoms with Crippen LogP contribution in [-0.4, -0.2) is 29.8 Å². The molecule has 0 aliphatic carbocycles. The molecule has 0 radical (unpaired) electrons. The maximum absolute atomic E-state index is 12.5. The summed E-state index contributed by atoms with van der Waals surface area (Å²) in [6.07, 6.45) is -2.38. The molecule has 1 fully saturated rings. The van der Waals surface area contributed by atoms with E-state index in [1.165, 1.54) is 6.20 Å². The van der Waals surface area contributed by atoms with Gasteiger partial charge in [0.15, 0.2) is 0 Å². The average molecular weight is 246 g/mol. The van der Waals surface area contributed by atoms with Gasteiger partial charge in [-0.2, -0.15) is 13.2 Å². The summed E-state index contributed by atoms with van der Waals surface area (Å²) >= 11 is 0. The molecule has 1 saturated heterocycles. The van der Waals surface area contributed by atoms with Gasteiger partial charge in [0, 0.05) is 31.8 Å². The Morgan fingerprint density at radius 3 is 2.82 bits per heavy atom. The molecular weight excluding hydrogens is 233 g/mol. The van der Waals surface area contributed by atoms with Gasteiger partial charge in [-0.05, 0) is 18.6 Å². The molecule has 1 unspecified atom stereocenters.